The molecular formula is C16H15NO5. The van der Waals surface area contributed by atoms with Gasteiger partial charge in [-0.15, -0.1) is 0 Å². The van der Waals surface area contributed by atoms with E-state index >= 15 is 0 Å². The molecule has 0 aromatic heterocycles. The minimum absolute atomic E-state index is 0.201. The number of hydrogen-bond acceptors (Lipinski definition) is 4. The Balaban J connectivity index is 1.73. The number of carbonyl (C=O) groups excluding carboxylic acids is 1. The van der Waals surface area contributed by atoms with Crippen LogP contribution in [0.3, 0.4) is 0 Å². The van der Waals surface area contributed by atoms with E-state index in [0.29, 0.717) is 18.0 Å². The van der Waals surface area contributed by atoms with Crippen LogP contribution in [0.1, 0.15) is 0 Å². The molecule has 2 bridgehead atoms. The number of carboxylic acids is 1. The standard InChI is InChI=1S/C16H15NO5/c1-21-10-4-2-3-9(7-10)17-8-16-6-5-11(22-16)12(15(19)20)13(16)14(17)18/h2-7,11-13H,8H2,1H3,(H,19,20)/t11-,12+,13-,16+/m0/s1. The van der Waals surface area contributed by atoms with Gasteiger partial charge in [0.15, 0.2) is 0 Å². The number of carboxylic acid groups (broad SMARTS) is 1. The number of carbonyl (C=O) groups is 2. The van der Waals surface area contributed by atoms with Crippen molar-refractivity contribution in [3.8, 4) is 5.75 Å². The lowest BCUT2D eigenvalue weighted by atomic mass is 9.77. The normalized spacial score (nSPS) is 35.0. The molecule has 3 aliphatic rings. The maximum atomic E-state index is 12.8. The van der Waals surface area contributed by atoms with Gasteiger partial charge in [-0.05, 0) is 12.1 Å². The summed E-state index contributed by atoms with van der Waals surface area (Å²) in [6.45, 7) is 0.334. The van der Waals surface area contributed by atoms with Gasteiger partial charge in [0.2, 0.25) is 5.91 Å². The van der Waals surface area contributed by atoms with Gasteiger partial charge in [-0.2, -0.15) is 0 Å². The minimum atomic E-state index is -0.984. The van der Waals surface area contributed by atoms with E-state index in [0.717, 1.165) is 0 Å². The van der Waals surface area contributed by atoms with E-state index in [4.69, 9.17) is 9.47 Å². The lowest BCUT2D eigenvalue weighted by Gasteiger charge is -2.21. The van der Waals surface area contributed by atoms with Crippen LogP contribution in [-0.4, -0.2) is 42.3 Å². The second-order valence-corrected chi connectivity index (χ2v) is 5.86. The van der Waals surface area contributed by atoms with E-state index < -0.39 is 29.5 Å². The first-order chi connectivity index (χ1) is 10.6. The topological polar surface area (TPSA) is 76.1 Å². The third-order valence-corrected chi connectivity index (χ3v) is 4.75. The molecular weight excluding hydrogens is 286 g/mol. The molecule has 0 radical (unpaired) electrons. The van der Waals surface area contributed by atoms with Gasteiger partial charge in [0, 0.05) is 11.8 Å². The molecule has 22 heavy (non-hydrogen) atoms. The van der Waals surface area contributed by atoms with E-state index in [1.165, 1.54) is 0 Å². The lowest BCUT2D eigenvalue weighted by molar-refractivity contribution is -0.146. The van der Waals surface area contributed by atoms with E-state index in [1.54, 1.807) is 36.3 Å². The Morgan fingerprint density at radius 2 is 2.32 bits per heavy atom. The summed E-state index contributed by atoms with van der Waals surface area (Å²) in [6, 6.07) is 7.17. The van der Waals surface area contributed by atoms with Crippen LogP contribution in [0.2, 0.25) is 0 Å². The van der Waals surface area contributed by atoms with Crippen molar-refractivity contribution in [2.75, 3.05) is 18.6 Å². The van der Waals surface area contributed by atoms with Crippen molar-refractivity contribution in [1.82, 2.24) is 0 Å². The maximum absolute atomic E-state index is 12.8. The predicted octanol–water partition coefficient (Wildman–Crippen LogP) is 1.07. The number of benzene rings is 1. The highest BCUT2D eigenvalue weighted by Crippen LogP contribution is 2.52. The van der Waals surface area contributed by atoms with Gasteiger partial charge >= 0.3 is 5.97 Å². The fourth-order valence-electron chi connectivity index (χ4n) is 3.78. The molecule has 1 N–H and O–H groups in total. The second kappa shape index (κ2) is 4.33. The second-order valence-electron chi connectivity index (χ2n) is 5.86. The van der Waals surface area contributed by atoms with Gasteiger partial charge < -0.3 is 19.5 Å². The van der Waals surface area contributed by atoms with Gasteiger partial charge in [0.05, 0.1) is 25.7 Å². The van der Waals surface area contributed by atoms with E-state index in [-0.39, 0.29) is 5.91 Å². The van der Waals surface area contributed by atoms with Gasteiger partial charge in [-0.25, -0.2) is 0 Å². The van der Waals surface area contributed by atoms with Crippen molar-refractivity contribution in [1.29, 1.82) is 0 Å². The fraction of sp³-hybridized carbons (Fsp3) is 0.375. The number of amides is 1. The average Bonchev–Trinajstić information content (AvgIpc) is 3.15. The molecule has 6 nitrogen and oxygen atoms in total. The molecule has 114 valence electrons. The molecule has 3 aliphatic heterocycles. The summed E-state index contributed by atoms with van der Waals surface area (Å²) in [5, 5.41) is 9.43. The maximum Gasteiger partial charge on any atom is 0.310 e. The summed E-state index contributed by atoms with van der Waals surface area (Å²) in [5.74, 6) is -2.01. The minimum Gasteiger partial charge on any atom is -0.497 e. The summed E-state index contributed by atoms with van der Waals surface area (Å²) in [7, 11) is 1.56. The number of methoxy groups -OCH3 is 1. The summed E-state index contributed by atoms with van der Waals surface area (Å²) >= 11 is 0. The Labute approximate surface area is 126 Å². The first kappa shape index (κ1) is 13.3. The van der Waals surface area contributed by atoms with E-state index in [1.807, 2.05) is 12.1 Å². The van der Waals surface area contributed by atoms with Crippen molar-refractivity contribution in [2.24, 2.45) is 11.8 Å². The lowest BCUT2D eigenvalue weighted by Crippen LogP contribution is -2.39. The Hall–Kier alpha value is -2.34. The van der Waals surface area contributed by atoms with Gasteiger partial charge in [-0.3, -0.25) is 9.59 Å². The molecule has 1 spiro atoms. The predicted molar refractivity (Wildman–Crippen MR) is 76.7 cm³/mol. The molecule has 0 saturated carbocycles. The van der Waals surface area contributed by atoms with Gasteiger partial charge in [-0.1, -0.05) is 18.2 Å². The molecule has 1 amide bonds. The first-order valence-corrected chi connectivity index (χ1v) is 7.11. The molecule has 0 aliphatic carbocycles. The first-order valence-electron chi connectivity index (χ1n) is 7.11. The summed E-state index contributed by atoms with van der Waals surface area (Å²) in [5.41, 5.74) is -0.119. The molecule has 2 saturated heterocycles. The van der Waals surface area contributed by atoms with Crippen LogP contribution in [0.25, 0.3) is 0 Å². The van der Waals surface area contributed by atoms with Crippen molar-refractivity contribution in [3.63, 3.8) is 0 Å². The Morgan fingerprint density at radius 1 is 1.50 bits per heavy atom. The monoisotopic (exact) mass is 301 g/mol. The van der Waals surface area contributed by atoms with Crippen LogP contribution in [-0.2, 0) is 14.3 Å². The average molecular weight is 301 g/mol. The highest BCUT2D eigenvalue weighted by atomic mass is 16.5. The van der Waals surface area contributed by atoms with Crippen LogP contribution in [0.15, 0.2) is 36.4 Å². The molecule has 1 aromatic carbocycles. The number of ether oxygens (including phenoxy) is 2. The van der Waals surface area contributed by atoms with Crippen LogP contribution in [0, 0.1) is 11.8 Å². The zero-order chi connectivity index (χ0) is 15.5. The SMILES string of the molecule is COc1cccc(N2C[C@@]34C=C[C@H](O3)[C@@H](C(=O)O)[C@H]4C2=O)c1. The number of aliphatic carboxylic acids is 1. The van der Waals surface area contributed by atoms with Crippen LogP contribution >= 0.6 is 0 Å². The van der Waals surface area contributed by atoms with Gasteiger partial charge in [0.1, 0.15) is 17.3 Å². The number of anilines is 1. The van der Waals surface area contributed by atoms with Crippen LogP contribution in [0.5, 0.6) is 5.75 Å². The fourth-order valence-corrected chi connectivity index (χ4v) is 3.78. The van der Waals surface area contributed by atoms with E-state index in [9.17, 15) is 14.7 Å². The van der Waals surface area contributed by atoms with E-state index in [2.05, 4.69) is 0 Å². The van der Waals surface area contributed by atoms with Crippen molar-refractivity contribution in [2.45, 2.75) is 11.7 Å². The zero-order valence-corrected chi connectivity index (χ0v) is 11.9. The molecule has 3 heterocycles. The third kappa shape index (κ3) is 1.58. The zero-order valence-electron chi connectivity index (χ0n) is 11.9. The smallest absolute Gasteiger partial charge is 0.310 e. The number of nitrogens with zero attached hydrogens (tertiary/aromatic N) is 1. The van der Waals surface area contributed by atoms with Crippen LogP contribution in [0.4, 0.5) is 5.69 Å². The van der Waals surface area contributed by atoms with Crippen molar-refractivity contribution < 1.29 is 24.2 Å². The Kier molecular flexibility index (Phi) is 2.62. The Bertz CT molecular complexity index is 700. The number of rotatable bonds is 3. The third-order valence-electron chi connectivity index (χ3n) is 4.75. The molecule has 1 aromatic rings. The highest BCUT2D eigenvalue weighted by Gasteiger charge is 2.67. The summed E-state index contributed by atoms with van der Waals surface area (Å²) < 4.78 is 11.0. The van der Waals surface area contributed by atoms with Crippen molar-refractivity contribution >= 4 is 17.6 Å². The largest absolute Gasteiger partial charge is 0.497 e. The Morgan fingerprint density at radius 3 is 3.05 bits per heavy atom. The molecule has 4 rings (SSSR count). The molecule has 2 fully saturated rings. The quantitative estimate of drug-likeness (QED) is 0.845. The molecule has 0 unspecified atom stereocenters. The number of hydrogen-bond donors (Lipinski definition) is 1. The highest BCUT2D eigenvalue weighted by molar-refractivity contribution is 6.02. The molecule has 4 atom stereocenters. The molecule has 6 heteroatoms. The summed E-state index contributed by atoms with van der Waals surface area (Å²) in [6.07, 6.45) is 3.11. The van der Waals surface area contributed by atoms with Crippen molar-refractivity contribution in [3.05, 3.63) is 36.4 Å². The summed E-state index contributed by atoms with van der Waals surface area (Å²) in [4.78, 5) is 25.9. The van der Waals surface area contributed by atoms with Gasteiger partial charge in [0.25, 0.3) is 0 Å². The number of fused-ring (bicyclic) bond motifs is 1. The van der Waals surface area contributed by atoms with Crippen LogP contribution < -0.4 is 9.64 Å².